The first-order chi connectivity index (χ1) is 12.7. The molecule has 4 nitrogen and oxygen atoms in total. The van der Waals surface area contributed by atoms with Crippen molar-refractivity contribution in [3.05, 3.63) is 54.2 Å². The van der Waals surface area contributed by atoms with Gasteiger partial charge in [0.25, 0.3) is 0 Å². The molecule has 1 fully saturated rings. The molecule has 140 valence electrons. The van der Waals surface area contributed by atoms with Crippen molar-refractivity contribution in [1.29, 1.82) is 0 Å². The lowest BCUT2D eigenvalue weighted by Crippen LogP contribution is -2.42. The third kappa shape index (κ3) is 5.73. The van der Waals surface area contributed by atoms with Gasteiger partial charge >= 0.3 is 0 Å². The van der Waals surface area contributed by atoms with E-state index in [1.165, 1.54) is 5.56 Å². The molecule has 0 unspecified atom stereocenters. The topological polar surface area (TPSA) is 37.4 Å². The van der Waals surface area contributed by atoms with Gasteiger partial charge in [-0.15, -0.1) is 0 Å². The van der Waals surface area contributed by atoms with Gasteiger partial charge in [-0.25, -0.2) is 4.98 Å². The van der Waals surface area contributed by atoms with E-state index in [1.807, 2.05) is 12.3 Å². The van der Waals surface area contributed by atoms with Crippen LogP contribution in [-0.4, -0.2) is 30.7 Å². The maximum Gasteiger partial charge on any atom is 0.128 e. The van der Waals surface area contributed by atoms with Crippen molar-refractivity contribution in [3.63, 3.8) is 0 Å². The summed E-state index contributed by atoms with van der Waals surface area (Å²) in [6.45, 7) is 8.29. The number of anilines is 1. The number of aromatic nitrogens is 1. The third-order valence-corrected chi connectivity index (χ3v) is 4.95. The van der Waals surface area contributed by atoms with Crippen molar-refractivity contribution in [3.8, 4) is 5.75 Å². The first-order valence-electron chi connectivity index (χ1n) is 9.82. The fourth-order valence-corrected chi connectivity index (χ4v) is 3.23. The number of rotatable bonds is 8. The maximum absolute atomic E-state index is 5.79. The molecule has 3 rings (SSSR count). The highest BCUT2D eigenvalue weighted by Gasteiger charge is 2.19. The van der Waals surface area contributed by atoms with Gasteiger partial charge in [0.1, 0.15) is 11.6 Å². The quantitative estimate of drug-likeness (QED) is 0.769. The van der Waals surface area contributed by atoms with Crippen molar-refractivity contribution in [2.75, 3.05) is 24.6 Å². The summed E-state index contributed by atoms with van der Waals surface area (Å²) in [6, 6.07) is 15.2. The minimum atomic E-state index is 0.580. The molecule has 0 spiro atoms. The van der Waals surface area contributed by atoms with Gasteiger partial charge in [0, 0.05) is 31.9 Å². The fraction of sp³-hybridized carbons (Fsp3) is 0.500. The summed E-state index contributed by atoms with van der Waals surface area (Å²) in [7, 11) is 0. The second-order valence-corrected chi connectivity index (χ2v) is 7.51. The minimum absolute atomic E-state index is 0.580. The average molecular weight is 354 g/mol. The molecule has 0 radical (unpaired) electrons. The molecule has 1 aliphatic heterocycles. The van der Waals surface area contributed by atoms with Crippen LogP contribution >= 0.6 is 0 Å². The number of piperidine rings is 1. The summed E-state index contributed by atoms with van der Waals surface area (Å²) in [6.07, 6.45) is 5.29. The van der Waals surface area contributed by atoms with Crippen molar-refractivity contribution in [2.45, 2.75) is 45.7 Å². The predicted molar refractivity (Wildman–Crippen MR) is 108 cm³/mol. The number of ether oxygens (including phenoxy) is 1. The average Bonchev–Trinajstić information content (AvgIpc) is 2.68. The van der Waals surface area contributed by atoms with Gasteiger partial charge in [0.2, 0.25) is 0 Å². The zero-order valence-electron chi connectivity index (χ0n) is 16.0. The van der Waals surface area contributed by atoms with Crippen LogP contribution in [0.4, 0.5) is 5.82 Å². The summed E-state index contributed by atoms with van der Waals surface area (Å²) in [4.78, 5) is 6.83. The van der Waals surface area contributed by atoms with Gasteiger partial charge < -0.3 is 15.0 Å². The second kappa shape index (κ2) is 9.58. The summed E-state index contributed by atoms with van der Waals surface area (Å²) >= 11 is 0. The van der Waals surface area contributed by atoms with Crippen LogP contribution in [0.5, 0.6) is 5.75 Å². The summed E-state index contributed by atoms with van der Waals surface area (Å²) in [5.41, 5.74) is 1.31. The molecule has 1 aromatic heterocycles. The lowest BCUT2D eigenvalue weighted by atomic mass is 10.0. The molecule has 0 amide bonds. The molecule has 1 N–H and O–H groups in total. The number of hydrogen-bond donors (Lipinski definition) is 1. The lowest BCUT2D eigenvalue weighted by molar-refractivity contribution is 0.289. The summed E-state index contributed by atoms with van der Waals surface area (Å²) in [5, 5.41) is 3.70. The zero-order chi connectivity index (χ0) is 18.2. The van der Waals surface area contributed by atoms with E-state index in [9.17, 15) is 0 Å². The van der Waals surface area contributed by atoms with E-state index in [0.717, 1.165) is 57.1 Å². The minimum Gasteiger partial charge on any atom is -0.494 e. The fourth-order valence-electron chi connectivity index (χ4n) is 3.23. The Morgan fingerprint density at radius 3 is 2.54 bits per heavy atom. The van der Waals surface area contributed by atoms with E-state index in [-0.39, 0.29) is 0 Å². The molecule has 2 heterocycles. The van der Waals surface area contributed by atoms with E-state index in [2.05, 4.69) is 65.4 Å². The molecule has 0 aliphatic carbocycles. The molecule has 1 aromatic carbocycles. The molecular formula is C22H31N3O. The van der Waals surface area contributed by atoms with Gasteiger partial charge in [0.15, 0.2) is 0 Å². The molecule has 2 aromatic rings. The van der Waals surface area contributed by atoms with E-state index in [0.29, 0.717) is 12.0 Å². The van der Waals surface area contributed by atoms with Crippen LogP contribution in [0.25, 0.3) is 0 Å². The van der Waals surface area contributed by atoms with Crippen LogP contribution in [0.1, 0.15) is 38.7 Å². The van der Waals surface area contributed by atoms with Crippen molar-refractivity contribution < 1.29 is 4.74 Å². The molecular weight excluding hydrogens is 322 g/mol. The molecule has 0 bridgehead atoms. The van der Waals surface area contributed by atoms with Crippen molar-refractivity contribution in [2.24, 2.45) is 5.92 Å². The van der Waals surface area contributed by atoms with Crippen LogP contribution in [0, 0.1) is 5.92 Å². The summed E-state index contributed by atoms with van der Waals surface area (Å²) in [5.74, 6) is 2.75. The highest BCUT2D eigenvalue weighted by Crippen LogP contribution is 2.18. The molecule has 1 aliphatic rings. The van der Waals surface area contributed by atoms with E-state index in [1.54, 1.807) is 0 Å². The molecule has 26 heavy (non-hydrogen) atoms. The van der Waals surface area contributed by atoms with Crippen LogP contribution in [0.2, 0.25) is 0 Å². The Morgan fingerprint density at radius 2 is 1.88 bits per heavy atom. The highest BCUT2D eigenvalue weighted by molar-refractivity contribution is 5.38. The van der Waals surface area contributed by atoms with Gasteiger partial charge in [-0.3, -0.25) is 0 Å². The first kappa shape index (κ1) is 18.7. The Labute approximate surface area is 157 Å². The van der Waals surface area contributed by atoms with Gasteiger partial charge in [-0.2, -0.15) is 0 Å². The van der Waals surface area contributed by atoms with Crippen LogP contribution in [0.15, 0.2) is 48.7 Å². The number of nitrogens with one attached hydrogen (secondary N) is 1. The number of pyridine rings is 1. The Bertz CT molecular complexity index is 634. The molecule has 0 saturated carbocycles. The summed E-state index contributed by atoms with van der Waals surface area (Å²) < 4.78 is 5.79. The Morgan fingerprint density at radius 1 is 1.12 bits per heavy atom. The molecule has 1 saturated heterocycles. The smallest absolute Gasteiger partial charge is 0.128 e. The van der Waals surface area contributed by atoms with Crippen molar-refractivity contribution in [1.82, 2.24) is 10.3 Å². The Kier molecular flexibility index (Phi) is 6.89. The van der Waals surface area contributed by atoms with E-state index in [4.69, 9.17) is 4.74 Å². The largest absolute Gasteiger partial charge is 0.494 e. The second-order valence-electron chi connectivity index (χ2n) is 7.51. The van der Waals surface area contributed by atoms with E-state index >= 15 is 0 Å². The molecule has 0 atom stereocenters. The van der Waals surface area contributed by atoms with Gasteiger partial charge in [0.05, 0.1) is 6.61 Å². The Balaban J connectivity index is 1.38. The van der Waals surface area contributed by atoms with Gasteiger partial charge in [-0.1, -0.05) is 32.0 Å². The highest BCUT2D eigenvalue weighted by atomic mass is 16.5. The van der Waals surface area contributed by atoms with Crippen molar-refractivity contribution >= 4 is 5.82 Å². The maximum atomic E-state index is 5.79. The normalized spacial score (nSPS) is 15.4. The number of nitrogens with zero attached hydrogens (tertiary/aromatic N) is 2. The van der Waals surface area contributed by atoms with Crippen LogP contribution in [0.3, 0.4) is 0 Å². The van der Waals surface area contributed by atoms with Gasteiger partial charge in [-0.05, 0) is 55.0 Å². The first-order valence-corrected chi connectivity index (χ1v) is 9.82. The predicted octanol–water partition coefficient (Wildman–Crippen LogP) is 4.27. The molecule has 4 heteroatoms. The van der Waals surface area contributed by atoms with Crippen LogP contribution < -0.4 is 15.0 Å². The van der Waals surface area contributed by atoms with Crippen LogP contribution in [-0.2, 0) is 6.54 Å². The van der Waals surface area contributed by atoms with E-state index < -0.39 is 0 Å². The number of hydrogen-bond acceptors (Lipinski definition) is 4. The lowest BCUT2D eigenvalue weighted by Gasteiger charge is -2.33. The third-order valence-electron chi connectivity index (χ3n) is 4.95. The zero-order valence-corrected chi connectivity index (χ0v) is 16.0. The Hall–Kier alpha value is -2.07. The monoisotopic (exact) mass is 353 g/mol. The number of benzene rings is 1. The SMILES string of the molecule is CC(C)CCOc1ccc(CNC2CCN(c3ccccn3)CC2)cc1. The standard InChI is InChI=1S/C22H31N3O/c1-18(2)12-16-26-21-8-6-19(7-9-21)17-24-20-10-14-25(15-11-20)22-5-3-4-13-23-22/h3-9,13,18,20,24H,10-12,14-17H2,1-2H3.